The van der Waals surface area contributed by atoms with E-state index in [0.717, 1.165) is 16.5 Å². The van der Waals surface area contributed by atoms with E-state index < -0.39 is 41.4 Å². The van der Waals surface area contributed by atoms with Gasteiger partial charge in [-0.2, -0.15) is 0 Å². The number of imidazole rings is 1. The number of aromatic nitrogens is 3. The highest BCUT2D eigenvalue weighted by atomic mass is 16.5. The van der Waals surface area contributed by atoms with Gasteiger partial charge in [0, 0.05) is 36.3 Å². The molecule has 4 aromatic rings. The van der Waals surface area contributed by atoms with Crippen molar-refractivity contribution >= 4 is 40.4 Å². The van der Waals surface area contributed by atoms with Gasteiger partial charge in [0.25, 0.3) is 5.91 Å². The summed E-state index contributed by atoms with van der Waals surface area (Å²) in [5, 5.41) is 6.51. The number of amides is 3. The van der Waals surface area contributed by atoms with Crippen LogP contribution in [0.25, 0.3) is 10.9 Å². The number of benzene rings is 2. The van der Waals surface area contributed by atoms with E-state index in [4.69, 9.17) is 10.5 Å². The third-order valence-electron chi connectivity index (χ3n) is 7.82. The van der Waals surface area contributed by atoms with Crippen LogP contribution in [0.4, 0.5) is 5.82 Å². The number of hydrogen-bond donors (Lipinski definition) is 4. The third-order valence-corrected chi connectivity index (χ3v) is 7.82. The first-order valence-electron chi connectivity index (χ1n) is 14.5. The maximum absolute atomic E-state index is 13.9. The second kappa shape index (κ2) is 12.7. The monoisotopic (exact) mass is 599 g/mol. The molecule has 1 fully saturated rings. The van der Waals surface area contributed by atoms with E-state index in [2.05, 4.69) is 20.6 Å². The number of aromatic amines is 1. The summed E-state index contributed by atoms with van der Waals surface area (Å²) in [6.07, 6.45) is 6.25. The minimum atomic E-state index is -1.21. The van der Waals surface area contributed by atoms with Crippen LogP contribution in [0.1, 0.15) is 43.9 Å². The second-order valence-corrected chi connectivity index (χ2v) is 11.5. The van der Waals surface area contributed by atoms with Gasteiger partial charge < -0.3 is 35.6 Å². The second-order valence-electron chi connectivity index (χ2n) is 11.5. The zero-order chi connectivity index (χ0) is 31.4. The number of para-hydroxylation sites is 1. The third kappa shape index (κ3) is 6.50. The van der Waals surface area contributed by atoms with Crippen LogP contribution in [-0.4, -0.2) is 74.4 Å². The highest BCUT2D eigenvalue weighted by molar-refractivity contribution is 5.98. The lowest BCUT2D eigenvalue weighted by Gasteiger charge is -2.28. The average Bonchev–Trinajstić information content (AvgIpc) is 3.77. The van der Waals surface area contributed by atoms with Crippen LogP contribution in [0.5, 0.6) is 0 Å². The number of likely N-dealkylation sites (tertiary alicyclic amines) is 1. The van der Waals surface area contributed by atoms with Crippen molar-refractivity contribution in [3.05, 3.63) is 84.4 Å². The van der Waals surface area contributed by atoms with E-state index in [1.807, 2.05) is 60.8 Å². The van der Waals surface area contributed by atoms with Gasteiger partial charge in [0.15, 0.2) is 5.82 Å². The standard InChI is InChI=1S/C32H37N7O5/c1-32(2,33)31(43)36-24(16-21-17-34-23-13-8-7-12-22(21)23)28(40)37-26-18-38(19-35-26)27(20-10-5-4-6-11-20)29(41)39-15-9-14-25(39)30(42)44-3/h4-8,10-13,17-19,24-25,27,34H,9,14-16,33H2,1-3H3,(H,36,43)(H,37,40). The number of rotatable bonds is 10. The zero-order valence-corrected chi connectivity index (χ0v) is 24.9. The van der Waals surface area contributed by atoms with Crippen LogP contribution in [0.3, 0.4) is 0 Å². The molecule has 3 heterocycles. The quantitative estimate of drug-likeness (QED) is 0.203. The molecule has 3 amide bonds. The zero-order valence-electron chi connectivity index (χ0n) is 24.9. The molecule has 2 aromatic heterocycles. The molecule has 12 heteroatoms. The number of anilines is 1. The molecule has 1 aliphatic rings. The fourth-order valence-corrected chi connectivity index (χ4v) is 5.48. The summed E-state index contributed by atoms with van der Waals surface area (Å²) in [5.74, 6) is -1.52. The number of H-pyrrole nitrogens is 1. The maximum atomic E-state index is 13.9. The van der Waals surface area contributed by atoms with E-state index in [-0.39, 0.29) is 18.1 Å². The lowest BCUT2D eigenvalue weighted by molar-refractivity contribution is -0.151. The molecule has 3 atom stereocenters. The number of fused-ring (bicyclic) bond motifs is 1. The number of nitrogens with two attached hydrogens (primary N) is 1. The molecule has 0 aliphatic carbocycles. The SMILES string of the molecule is COC(=O)C1CCCN1C(=O)C(c1ccccc1)n1cnc(NC(=O)C(Cc2c[nH]c3ccccc23)NC(=O)C(C)(C)N)c1. The van der Waals surface area contributed by atoms with E-state index in [1.165, 1.54) is 13.4 Å². The number of esters is 1. The van der Waals surface area contributed by atoms with Gasteiger partial charge in [0.2, 0.25) is 11.8 Å². The Hall–Kier alpha value is -4.97. The number of nitrogens with one attached hydrogen (secondary N) is 3. The molecule has 12 nitrogen and oxygen atoms in total. The Labute approximate surface area is 255 Å². The van der Waals surface area contributed by atoms with Gasteiger partial charge in [-0.25, -0.2) is 9.78 Å². The van der Waals surface area contributed by atoms with Crippen molar-refractivity contribution < 1.29 is 23.9 Å². The number of nitrogens with zero attached hydrogens (tertiary/aromatic N) is 3. The number of carbonyl (C=O) groups is 4. The van der Waals surface area contributed by atoms with Crippen molar-refractivity contribution in [3.8, 4) is 0 Å². The molecule has 1 saturated heterocycles. The van der Waals surface area contributed by atoms with Gasteiger partial charge in [-0.3, -0.25) is 14.4 Å². The highest BCUT2D eigenvalue weighted by Gasteiger charge is 2.39. The first-order chi connectivity index (χ1) is 21.1. The molecular weight excluding hydrogens is 562 g/mol. The Morgan fingerprint density at radius 3 is 2.57 bits per heavy atom. The summed E-state index contributed by atoms with van der Waals surface area (Å²) >= 11 is 0. The first-order valence-corrected chi connectivity index (χ1v) is 14.5. The summed E-state index contributed by atoms with van der Waals surface area (Å²) in [4.78, 5) is 61.9. The van der Waals surface area contributed by atoms with Gasteiger partial charge in [-0.1, -0.05) is 48.5 Å². The Morgan fingerprint density at radius 1 is 1.11 bits per heavy atom. The summed E-state index contributed by atoms with van der Waals surface area (Å²) in [7, 11) is 1.31. The summed E-state index contributed by atoms with van der Waals surface area (Å²) in [6.45, 7) is 3.56. The Kier molecular flexibility index (Phi) is 8.81. The molecule has 1 aliphatic heterocycles. The van der Waals surface area contributed by atoms with Crippen molar-refractivity contribution in [2.24, 2.45) is 5.73 Å². The lowest BCUT2D eigenvalue weighted by Crippen LogP contribution is -2.55. The largest absolute Gasteiger partial charge is 0.467 e. The van der Waals surface area contributed by atoms with Crippen molar-refractivity contribution in [2.45, 2.75) is 56.8 Å². The Morgan fingerprint density at radius 2 is 1.84 bits per heavy atom. The number of ether oxygens (including phenoxy) is 1. The summed E-state index contributed by atoms with van der Waals surface area (Å²) in [6, 6.07) is 14.4. The minimum Gasteiger partial charge on any atom is -0.467 e. The van der Waals surface area contributed by atoms with E-state index in [1.54, 1.807) is 29.5 Å². The van der Waals surface area contributed by atoms with Crippen LogP contribution in [0, 0.1) is 0 Å². The smallest absolute Gasteiger partial charge is 0.328 e. The van der Waals surface area contributed by atoms with Crippen LogP contribution >= 0.6 is 0 Å². The fraction of sp³-hybridized carbons (Fsp3) is 0.344. The summed E-state index contributed by atoms with van der Waals surface area (Å²) in [5.41, 5.74) is 7.27. The van der Waals surface area contributed by atoms with Crippen molar-refractivity contribution in [2.75, 3.05) is 19.0 Å². The molecule has 0 saturated carbocycles. The van der Waals surface area contributed by atoms with E-state index >= 15 is 0 Å². The van der Waals surface area contributed by atoms with Gasteiger partial charge in [-0.05, 0) is 43.9 Å². The van der Waals surface area contributed by atoms with Crippen molar-refractivity contribution in [3.63, 3.8) is 0 Å². The van der Waals surface area contributed by atoms with Crippen LogP contribution in [0.15, 0.2) is 73.3 Å². The minimum absolute atomic E-state index is 0.194. The molecule has 3 unspecified atom stereocenters. The molecule has 5 rings (SSSR count). The Balaban J connectivity index is 1.40. The predicted octanol–water partition coefficient (Wildman–Crippen LogP) is 2.52. The first kappa shape index (κ1) is 30.5. The molecule has 44 heavy (non-hydrogen) atoms. The molecule has 0 bridgehead atoms. The highest BCUT2D eigenvalue weighted by Crippen LogP contribution is 2.28. The van der Waals surface area contributed by atoms with Gasteiger partial charge in [0.05, 0.1) is 19.0 Å². The van der Waals surface area contributed by atoms with Gasteiger partial charge >= 0.3 is 5.97 Å². The van der Waals surface area contributed by atoms with Crippen LogP contribution in [0.2, 0.25) is 0 Å². The lowest BCUT2D eigenvalue weighted by atomic mass is 10.0. The topological polar surface area (TPSA) is 164 Å². The van der Waals surface area contributed by atoms with Crippen LogP contribution < -0.4 is 16.4 Å². The van der Waals surface area contributed by atoms with E-state index in [9.17, 15) is 19.2 Å². The Bertz CT molecular complexity index is 1660. The fourth-order valence-electron chi connectivity index (χ4n) is 5.48. The summed E-state index contributed by atoms with van der Waals surface area (Å²) < 4.78 is 6.55. The number of methoxy groups -OCH3 is 1. The number of carbonyl (C=O) groups excluding carboxylic acids is 4. The molecule has 0 spiro atoms. The molecular formula is C32H37N7O5. The average molecular weight is 600 g/mol. The van der Waals surface area contributed by atoms with E-state index in [0.29, 0.717) is 24.9 Å². The molecule has 230 valence electrons. The molecule has 0 radical (unpaired) electrons. The van der Waals surface area contributed by atoms with Crippen LogP contribution in [-0.2, 0) is 30.3 Å². The normalized spacial score (nSPS) is 16.4. The predicted molar refractivity (Wildman–Crippen MR) is 164 cm³/mol. The number of hydrogen-bond acceptors (Lipinski definition) is 7. The van der Waals surface area contributed by atoms with Crippen molar-refractivity contribution in [1.82, 2.24) is 24.8 Å². The van der Waals surface area contributed by atoms with Gasteiger partial charge in [0.1, 0.15) is 18.1 Å². The molecule has 2 aromatic carbocycles. The van der Waals surface area contributed by atoms with Gasteiger partial charge in [-0.15, -0.1) is 0 Å². The maximum Gasteiger partial charge on any atom is 0.328 e. The molecule has 5 N–H and O–H groups in total. The van der Waals surface area contributed by atoms with Crippen molar-refractivity contribution in [1.29, 1.82) is 0 Å².